The molecule has 3 amide bonds. The number of carbonyl (C=O) groups excluding carboxylic acids is 3. The molecular formula is C18H18FN3O4. The standard InChI is InChI=1S/C18H18FN3O4/c1-2-26-18(25)20-15-9-5-13(6-10-15)17(24)22-21-16(23)11-12-3-7-14(19)8-4-12/h3-10H,2,11H2,1H3,(H,20,25)(H,21,23)(H,22,24). The first-order chi connectivity index (χ1) is 12.5. The summed E-state index contributed by atoms with van der Waals surface area (Å²) in [6, 6.07) is 11.5. The highest BCUT2D eigenvalue weighted by atomic mass is 19.1. The summed E-state index contributed by atoms with van der Waals surface area (Å²) in [7, 11) is 0. The smallest absolute Gasteiger partial charge is 0.411 e. The van der Waals surface area contributed by atoms with Crippen LogP contribution in [-0.2, 0) is 16.0 Å². The lowest BCUT2D eigenvalue weighted by molar-refractivity contribution is -0.121. The van der Waals surface area contributed by atoms with E-state index in [9.17, 15) is 18.8 Å². The number of carbonyl (C=O) groups is 3. The number of ether oxygens (including phenoxy) is 1. The molecule has 7 nitrogen and oxygen atoms in total. The number of anilines is 1. The maximum absolute atomic E-state index is 12.8. The van der Waals surface area contributed by atoms with Crippen molar-refractivity contribution in [2.45, 2.75) is 13.3 Å². The molecule has 0 aliphatic carbocycles. The monoisotopic (exact) mass is 359 g/mol. The highest BCUT2D eigenvalue weighted by Crippen LogP contribution is 2.10. The number of halogens is 1. The van der Waals surface area contributed by atoms with Crippen molar-refractivity contribution in [3.05, 3.63) is 65.5 Å². The molecule has 0 fully saturated rings. The zero-order valence-corrected chi connectivity index (χ0v) is 14.0. The summed E-state index contributed by atoms with van der Waals surface area (Å²) in [5.74, 6) is -1.34. The van der Waals surface area contributed by atoms with Gasteiger partial charge in [-0.3, -0.25) is 25.8 Å². The van der Waals surface area contributed by atoms with Gasteiger partial charge in [-0.1, -0.05) is 12.1 Å². The van der Waals surface area contributed by atoms with Crippen molar-refractivity contribution < 1.29 is 23.5 Å². The van der Waals surface area contributed by atoms with E-state index in [0.29, 0.717) is 16.8 Å². The van der Waals surface area contributed by atoms with Gasteiger partial charge in [0.15, 0.2) is 0 Å². The van der Waals surface area contributed by atoms with Gasteiger partial charge in [0.25, 0.3) is 5.91 Å². The van der Waals surface area contributed by atoms with Crippen LogP contribution in [0.25, 0.3) is 0 Å². The number of amides is 3. The predicted octanol–water partition coefficient (Wildman–Crippen LogP) is 2.40. The van der Waals surface area contributed by atoms with Crippen molar-refractivity contribution in [1.29, 1.82) is 0 Å². The molecule has 0 saturated carbocycles. The molecule has 0 aliphatic rings. The van der Waals surface area contributed by atoms with Crippen LogP contribution in [0.3, 0.4) is 0 Å². The Morgan fingerprint density at radius 3 is 2.23 bits per heavy atom. The van der Waals surface area contributed by atoms with Gasteiger partial charge >= 0.3 is 6.09 Å². The van der Waals surface area contributed by atoms with Crippen LogP contribution < -0.4 is 16.2 Å². The fraction of sp³-hybridized carbons (Fsp3) is 0.167. The molecule has 0 bridgehead atoms. The summed E-state index contributed by atoms with van der Waals surface area (Å²) in [4.78, 5) is 35.1. The third-order valence-electron chi connectivity index (χ3n) is 3.26. The summed E-state index contributed by atoms with van der Waals surface area (Å²) >= 11 is 0. The van der Waals surface area contributed by atoms with Gasteiger partial charge in [0.1, 0.15) is 5.82 Å². The lowest BCUT2D eigenvalue weighted by Crippen LogP contribution is -2.42. The summed E-state index contributed by atoms with van der Waals surface area (Å²) in [5.41, 5.74) is 5.96. The van der Waals surface area contributed by atoms with Crippen LogP contribution in [-0.4, -0.2) is 24.5 Å². The summed E-state index contributed by atoms with van der Waals surface area (Å²) in [5, 5.41) is 2.50. The van der Waals surface area contributed by atoms with Crippen LogP contribution in [0.5, 0.6) is 0 Å². The first-order valence-corrected chi connectivity index (χ1v) is 7.85. The first-order valence-electron chi connectivity index (χ1n) is 7.85. The van der Waals surface area contributed by atoms with E-state index in [1.165, 1.54) is 48.5 Å². The Balaban J connectivity index is 1.82. The van der Waals surface area contributed by atoms with Crippen LogP contribution in [0, 0.1) is 5.82 Å². The molecule has 0 aromatic heterocycles. The molecule has 0 saturated heterocycles. The van der Waals surface area contributed by atoms with Crippen molar-refractivity contribution in [2.24, 2.45) is 0 Å². The number of nitrogens with one attached hydrogen (secondary N) is 3. The first kappa shape index (κ1) is 18.9. The Morgan fingerprint density at radius 1 is 0.962 bits per heavy atom. The molecule has 8 heteroatoms. The van der Waals surface area contributed by atoms with E-state index >= 15 is 0 Å². The molecule has 0 heterocycles. The molecular weight excluding hydrogens is 341 g/mol. The Hall–Kier alpha value is -3.42. The van der Waals surface area contributed by atoms with Gasteiger partial charge in [-0.25, -0.2) is 9.18 Å². The van der Waals surface area contributed by atoms with Crippen LogP contribution >= 0.6 is 0 Å². The normalized spacial score (nSPS) is 9.92. The number of hydrazine groups is 1. The van der Waals surface area contributed by atoms with Crippen molar-refractivity contribution in [3.8, 4) is 0 Å². The molecule has 0 radical (unpaired) electrons. The Bertz CT molecular complexity index is 776. The van der Waals surface area contributed by atoms with E-state index in [2.05, 4.69) is 16.2 Å². The second-order valence-electron chi connectivity index (χ2n) is 5.23. The predicted molar refractivity (Wildman–Crippen MR) is 92.8 cm³/mol. The minimum atomic E-state index is -0.585. The lowest BCUT2D eigenvalue weighted by atomic mass is 10.1. The molecule has 2 rings (SSSR count). The largest absolute Gasteiger partial charge is 0.450 e. The second kappa shape index (κ2) is 9.16. The average molecular weight is 359 g/mol. The van der Waals surface area contributed by atoms with Crippen LogP contribution in [0.1, 0.15) is 22.8 Å². The number of hydrogen-bond donors (Lipinski definition) is 3. The SMILES string of the molecule is CCOC(=O)Nc1ccc(C(=O)NNC(=O)Cc2ccc(F)cc2)cc1. The van der Waals surface area contributed by atoms with Gasteiger partial charge in [0.2, 0.25) is 5.91 Å². The molecule has 0 atom stereocenters. The molecule has 0 unspecified atom stereocenters. The second-order valence-corrected chi connectivity index (χ2v) is 5.23. The van der Waals surface area contributed by atoms with E-state index < -0.39 is 17.9 Å². The fourth-order valence-electron chi connectivity index (χ4n) is 2.02. The molecule has 2 aromatic carbocycles. The van der Waals surface area contributed by atoms with Gasteiger partial charge < -0.3 is 4.74 Å². The van der Waals surface area contributed by atoms with Crippen molar-refractivity contribution >= 4 is 23.6 Å². The fourth-order valence-corrected chi connectivity index (χ4v) is 2.02. The van der Waals surface area contributed by atoms with Gasteiger partial charge in [0, 0.05) is 11.3 Å². The third-order valence-corrected chi connectivity index (χ3v) is 3.26. The van der Waals surface area contributed by atoms with Crippen molar-refractivity contribution in [3.63, 3.8) is 0 Å². The van der Waals surface area contributed by atoms with Gasteiger partial charge in [-0.05, 0) is 48.9 Å². The minimum absolute atomic E-state index is 0.00293. The maximum Gasteiger partial charge on any atom is 0.411 e. The van der Waals surface area contributed by atoms with Gasteiger partial charge in [-0.2, -0.15) is 0 Å². The van der Waals surface area contributed by atoms with E-state index in [-0.39, 0.29) is 18.8 Å². The number of hydrogen-bond acceptors (Lipinski definition) is 4. The van der Waals surface area contributed by atoms with Crippen molar-refractivity contribution in [2.75, 3.05) is 11.9 Å². The van der Waals surface area contributed by atoms with E-state index in [1.807, 2.05) is 0 Å². The highest BCUT2D eigenvalue weighted by molar-refractivity contribution is 5.96. The molecule has 0 aliphatic heterocycles. The highest BCUT2D eigenvalue weighted by Gasteiger charge is 2.09. The summed E-state index contributed by atoms with van der Waals surface area (Å²) in [6.45, 7) is 1.95. The lowest BCUT2D eigenvalue weighted by Gasteiger charge is -2.09. The Labute approximate surface area is 149 Å². The number of benzene rings is 2. The quantitative estimate of drug-likeness (QED) is 0.714. The zero-order valence-electron chi connectivity index (χ0n) is 14.0. The van der Waals surface area contributed by atoms with Gasteiger partial charge in [-0.15, -0.1) is 0 Å². The van der Waals surface area contributed by atoms with Crippen LogP contribution in [0.4, 0.5) is 14.9 Å². The Morgan fingerprint density at radius 2 is 1.62 bits per heavy atom. The van der Waals surface area contributed by atoms with E-state index in [4.69, 9.17) is 4.74 Å². The maximum atomic E-state index is 12.8. The number of rotatable bonds is 5. The summed E-state index contributed by atoms with van der Waals surface area (Å²) in [6.07, 6.45) is -0.582. The topological polar surface area (TPSA) is 96.5 Å². The molecule has 2 aromatic rings. The van der Waals surface area contributed by atoms with Crippen LogP contribution in [0.2, 0.25) is 0 Å². The molecule has 3 N–H and O–H groups in total. The molecule has 136 valence electrons. The molecule has 0 spiro atoms. The van der Waals surface area contributed by atoms with Gasteiger partial charge in [0.05, 0.1) is 13.0 Å². The van der Waals surface area contributed by atoms with Crippen molar-refractivity contribution in [1.82, 2.24) is 10.9 Å². The molecule has 26 heavy (non-hydrogen) atoms. The minimum Gasteiger partial charge on any atom is -0.450 e. The van der Waals surface area contributed by atoms with E-state index in [0.717, 1.165) is 0 Å². The average Bonchev–Trinajstić information content (AvgIpc) is 2.62. The Kier molecular flexibility index (Phi) is 6.67. The van der Waals surface area contributed by atoms with E-state index in [1.54, 1.807) is 6.92 Å². The third kappa shape index (κ3) is 5.90. The zero-order chi connectivity index (χ0) is 18.9. The summed E-state index contributed by atoms with van der Waals surface area (Å²) < 4.78 is 17.6. The van der Waals surface area contributed by atoms with Crippen LogP contribution in [0.15, 0.2) is 48.5 Å².